The molecule has 0 aromatic rings. The molecule has 14 heavy (non-hydrogen) atoms. The van der Waals surface area contributed by atoms with E-state index in [2.05, 4.69) is 0 Å². The fourth-order valence-electron chi connectivity index (χ4n) is 1.75. The molecule has 0 aromatic carbocycles. The van der Waals surface area contributed by atoms with Crippen LogP contribution in [-0.4, -0.2) is 43.8 Å². The van der Waals surface area contributed by atoms with E-state index in [4.69, 9.17) is 18.9 Å². The van der Waals surface area contributed by atoms with Crippen molar-refractivity contribution in [2.24, 2.45) is 0 Å². The van der Waals surface area contributed by atoms with E-state index in [-0.39, 0.29) is 18.2 Å². The maximum atomic E-state index is 11.3. The Hall–Kier alpha value is -0.650. The van der Waals surface area contributed by atoms with Crippen molar-refractivity contribution < 1.29 is 23.7 Å². The lowest BCUT2D eigenvalue weighted by atomic mass is 10.1. The summed E-state index contributed by atoms with van der Waals surface area (Å²) in [6, 6.07) is 0. The van der Waals surface area contributed by atoms with Crippen LogP contribution in [0.1, 0.15) is 13.8 Å². The third kappa shape index (κ3) is 1.51. The van der Waals surface area contributed by atoms with Crippen molar-refractivity contribution in [3.8, 4) is 0 Å². The molecule has 0 bridgehead atoms. The first-order valence-corrected chi connectivity index (χ1v) is 4.58. The van der Waals surface area contributed by atoms with Gasteiger partial charge < -0.3 is 18.9 Å². The van der Waals surface area contributed by atoms with Crippen LogP contribution in [0.5, 0.6) is 0 Å². The molecule has 0 spiro atoms. The SMILES string of the molecule is CO[C@H]1C(=O)O[C@@H]2COC(C)(C)O[C@@H]21. The Kier molecular flexibility index (Phi) is 2.25. The molecule has 3 atom stereocenters. The number of esters is 1. The molecule has 2 aliphatic rings. The largest absolute Gasteiger partial charge is 0.455 e. The lowest BCUT2D eigenvalue weighted by Crippen LogP contribution is -2.50. The van der Waals surface area contributed by atoms with Gasteiger partial charge in [-0.3, -0.25) is 0 Å². The van der Waals surface area contributed by atoms with Crippen molar-refractivity contribution in [1.82, 2.24) is 0 Å². The first-order valence-electron chi connectivity index (χ1n) is 4.58. The number of rotatable bonds is 1. The summed E-state index contributed by atoms with van der Waals surface area (Å²) in [5, 5.41) is 0. The van der Waals surface area contributed by atoms with Gasteiger partial charge in [0, 0.05) is 7.11 Å². The monoisotopic (exact) mass is 202 g/mol. The van der Waals surface area contributed by atoms with E-state index < -0.39 is 11.9 Å². The van der Waals surface area contributed by atoms with Gasteiger partial charge in [0.1, 0.15) is 6.10 Å². The summed E-state index contributed by atoms with van der Waals surface area (Å²) in [7, 11) is 1.47. The van der Waals surface area contributed by atoms with Crippen LogP contribution in [0.2, 0.25) is 0 Å². The summed E-state index contributed by atoms with van der Waals surface area (Å²) < 4.78 is 21.0. The minimum absolute atomic E-state index is 0.333. The van der Waals surface area contributed by atoms with Gasteiger partial charge in [0.15, 0.2) is 18.0 Å². The van der Waals surface area contributed by atoms with Gasteiger partial charge in [0.2, 0.25) is 0 Å². The molecule has 0 radical (unpaired) electrons. The second kappa shape index (κ2) is 3.18. The number of hydrogen-bond acceptors (Lipinski definition) is 5. The summed E-state index contributed by atoms with van der Waals surface area (Å²) in [6.07, 6.45) is -1.31. The molecule has 0 unspecified atom stereocenters. The first-order chi connectivity index (χ1) is 6.53. The average Bonchev–Trinajstić information content (AvgIpc) is 2.39. The standard InChI is InChI=1S/C9H14O5/c1-9(2)12-4-5-6(14-9)7(11-3)8(10)13-5/h5-7H,4H2,1-3H3/t5-,6+,7-/m1/s1. The van der Waals surface area contributed by atoms with Crippen LogP contribution in [0.4, 0.5) is 0 Å². The van der Waals surface area contributed by atoms with Crippen molar-refractivity contribution >= 4 is 5.97 Å². The van der Waals surface area contributed by atoms with Crippen molar-refractivity contribution in [1.29, 1.82) is 0 Å². The summed E-state index contributed by atoms with van der Waals surface area (Å²) in [5.74, 6) is -1.05. The van der Waals surface area contributed by atoms with Gasteiger partial charge >= 0.3 is 5.97 Å². The zero-order chi connectivity index (χ0) is 10.3. The second-order valence-electron chi connectivity index (χ2n) is 3.92. The molecule has 5 nitrogen and oxygen atoms in total. The molecule has 2 saturated heterocycles. The number of carbonyl (C=O) groups excluding carboxylic acids is 1. The molecule has 2 rings (SSSR count). The van der Waals surface area contributed by atoms with Crippen LogP contribution in [0.3, 0.4) is 0 Å². The molecule has 0 aliphatic carbocycles. The molecule has 2 aliphatic heterocycles. The Labute approximate surface area is 82.3 Å². The Morgan fingerprint density at radius 3 is 2.86 bits per heavy atom. The Morgan fingerprint density at radius 1 is 1.50 bits per heavy atom. The van der Waals surface area contributed by atoms with Gasteiger partial charge in [0.25, 0.3) is 0 Å². The van der Waals surface area contributed by atoms with Crippen LogP contribution in [-0.2, 0) is 23.7 Å². The molecule has 0 saturated carbocycles. The highest BCUT2D eigenvalue weighted by Crippen LogP contribution is 2.31. The van der Waals surface area contributed by atoms with Crippen LogP contribution in [0, 0.1) is 0 Å². The predicted octanol–water partition coefficient (Wildman–Crippen LogP) is 0.0783. The molecule has 0 N–H and O–H groups in total. The number of carbonyl (C=O) groups is 1. The molecule has 2 heterocycles. The van der Waals surface area contributed by atoms with E-state index in [1.165, 1.54) is 7.11 Å². The Balaban J connectivity index is 2.14. The van der Waals surface area contributed by atoms with Crippen molar-refractivity contribution in [3.05, 3.63) is 0 Å². The molecule has 80 valence electrons. The van der Waals surface area contributed by atoms with Crippen LogP contribution in [0.25, 0.3) is 0 Å². The smallest absolute Gasteiger partial charge is 0.338 e. The highest BCUT2D eigenvalue weighted by molar-refractivity contribution is 5.78. The van der Waals surface area contributed by atoms with Crippen LogP contribution in [0.15, 0.2) is 0 Å². The molecule has 2 fully saturated rings. The molecule has 0 amide bonds. The van der Waals surface area contributed by atoms with E-state index in [9.17, 15) is 4.79 Å². The molecule has 5 heteroatoms. The summed E-state index contributed by atoms with van der Waals surface area (Å²) in [5.41, 5.74) is 0. The molecular formula is C9H14O5. The zero-order valence-electron chi connectivity index (χ0n) is 8.48. The maximum absolute atomic E-state index is 11.3. The number of fused-ring (bicyclic) bond motifs is 1. The Morgan fingerprint density at radius 2 is 2.21 bits per heavy atom. The summed E-state index contributed by atoms with van der Waals surface area (Å²) >= 11 is 0. The third-order valence-electron chi connectivity index (χ3n) is 2.43. The zero-order valence-corrected chi connectivity index (χ0v) is 8.48. The van der Waals surface area contributed by atoms with E-state index in [1.807, 2.05) is 0 Å². The maximum Gasteiger partial charge on any atom is 0.338 e. The predicted molar refractivity (Wildman–Crippen MR) is 45.6 cm³/mol. The van der Waals surface area contributed by atoms with E-state index >= 15 is 0 Å². The van der Waals surface area contributed by atoms with Crippen LogP contribution >= 0.6 is 0 Å². The Bertz CT molecular complexity index is 250. The van der Waals surface area contributed by atoms with Gasteiger partial charge in [-0.2, -0.15) is 0 Å². The topological polar surface area (TPSA) is 54.0 Å². The number of methoxy groups -OCH3 is 1. The van der Waals surface area contributed by atoms with Crippen molar-refractivity contribution in [2.75, 3.05) is 13.7 Å². The highest BCUT2D eigenvalue weighted by Gasteiger charge is 2.51. The van der Waals surface area contributed by atoms with Gasteiger partial charge in [-0.05, 0) is 13.8 Å². The lowest BCUT2D eigenvalue weighted by molar-refractivity contribution is -0.300. The summed E-state index contributed by atoms with van der Waals surface area (Å²) in [6.45, 7) is 3.97. The van der Waals surface area contributed by atoms with Gasteiger partial charge in [-0.25, -0.2) is 4.79 Å². The first kappa shape index (κ1) is 9.89. The lowest BCUT2D eigenvalue weighted by Gasteiger charge is -2.37. The third-order valence-corrected chi connectivity index (χ3v) is 2.43. The number of hydrogen-bond donors (Lipinski definition) is 0. The molecule has 0 aromatic heterocycles. The van der Waals surface area contributed by atoms with Gasteiger partial charge in [-0.15, -0.1) is 0 Å². The molecular weight excluding hydrogens is 188 g/mol. The highest BCUT2D eigenvalue weighted by atomic mass is 16.7. The fourth-order valence-corrected chi connectivity index (χ4v) is 1.75. The van der Waals surface area contributed by atoms with Crippen molar-refractivity contribution in [3.63, 3.8) is 0 Å². The van der Waals surface area contributed by atoms with E-state index in [0.29, 0.717) is 6.61 Å². The van der Waals surface area contributed by atoms with Crippen LogP contribution < -0.4 is 0 Å². The quantitative estimate of drug-likeness (QED) is 0.563. The minimum atomic E-state index is -0.675. The van der Waals surface area contributed by atoms with E-state index in [1.54, 1.807) is 13.8 Å². The van der Waals surface area contributed by atoms with E-state index in [0.717, 1.165) is 0 Å². The second-order valence-corrected chi connectivity index (χ2v) is 3.92. The number of ether oxygens (including phenoxy) is 4. The average molecular weight is 202 g/mol. The van der Waals surface area contributed by atoms with Gasteiger partial charge in [0.05, 0.1) is 6.61 Å². The normalized spacial score (nSPS) is 40.5. The summed E-state index contributed by atoms with van der Waals surface area (Å²) in [4.78, 5) is 11.3. The van der Waals surface area contributed by atoms with Gasteiger partial charge in [-0.1, -0.05) is 0 Å². The minimum Gasteiger partial charge on any atom is -0.455 e. The fraction of sp³-hybridized carbons (Fsp3) is 0.889. The van der Waals surface area contributed by atoms with Crippen molar-refractivity contribution in [2.45, 2.75) is 37.9 Å².